The highest BCUT2D eigenvalue weighted by atomic mass is 16.5. The zero-order valence-electron chi connectivity index (χ0n) is 13.2. The third-order valence-corrected chi connectivity index (χ3v) is 3.29. The van der Waals surface area contributed by atoms with E-state index in [0.717, 1.165) is 18.5 Å². The van der Waals surface area contributed by atoms with Crippen LogP contribution in [0, 0.1) is 0 Å². The second kappa shape index (κ2) is 7.22. The molecule has 2 heterocycles. The van der Waals surface area contributed by atoms with Crippen molar-refractivity contribution in [1.29, 1.82) is 0 Å². The van der Waals surface area contributed by atoms with Crippen molar-refractivity contribution in [2.75, 3.05) is 6.54 Å². The highest BCUT2D eigenvalue weighted by Gasteiger charge is 2.13. The summed E-state index contributed by atoms with van der Waals surface area (Å²) < 4.78 is 7.78. The molecule has 21 heavy (non-hydrogen) atoms. The van der Waals surface area contributed by atoms with Gasteiger partial charge in [-0.05, 0) is 39.8 Å². The number of rotatable bonds is 7. The van der Waals surface area contributed by atoms with Crippen molar-refractivity contribution in [2.24, 2.45) is 0 Å². The van der Waals surface area contributed by atoms with Gasteiger partial charge < -0.3 is 10.1 Å². The lowest BCUT2D eigenvalue weighted by Gasteiger charge is -2.16. The number of hydrogen-bond donors (Lipinski definition) is 1. The Bertz CT molecular complexity index is 565. The lowest BCUT2D eigenvalue weighted by Crippen LogP contribution is -2.20. The van der Waals surface area contributed by atoms with Crippen molar-refractivity contribution in [3.63, 3.8) is 0 Å². The van der Waals surface area contributed by atoms with E-state index in [0.29, 0.717) is 17.7 Å². The summed E-state index contributed by atoms with van der Waals surface area (Å²) in [6, 6.07) is 4.50. The molecule has 0 aliphatic carbocycles. The maximum absolute atomic E-state index is 5.91. The molecular weight excluding hydrogens is 264 g/mol. The number of aromatic nitrogens is 3. The first kappa shape index (κ1) is 15.5. The maximum atomic E-state index is 5.91. The van der Waals surface area contributed by atoms with E-state index in [2.05, 4.69) is 43.1 Å². The van der Waals surface area contributed by atoms with Crippen LogP contribution >= 0.6 is 0 Å². The molecule has 2 aromatic rings. The molecule has 114 valence electrons. The molecule has 0 bridgehead atoms. The summed E-state index contributed by atoms with van der Waals surface area (Å²) in [7, 11) is 0. The van der Waals surface area contributed by atoms with Crippen molar-refractivity contribution in [1.82, 2.24) is 20.1 Å². The molecule has 2 rings (SSSR count). The van der Waals surface area contributed by atoms with Crippen LogP contribution in [0.3, 0.4) is 0 Å². The average Bonchev–Trinajstić information content (AvgIpc) is 2.94. The van der Waals surface area contributed by atoms with Crippen LogP contribution in [0.5, 0.6) is 11.6 Å². The number of pyridine rings is 1. The normalized spacial score (nSPS) is 12.6. The predicted molar refractivity (Wildman–Crippen MR) is 83.6 cm³/mol. The van der Waals surface area contributed by atoms with E-state index in [1.807, 2.05) is 23.0 Å². The smallest absolute Gasteiger partial charge is 0.224 e. The maximum Gasteiger partial charge on any atom is 0.224 e. The van der Waals surface area contributed by atoms with Crippen LogP contribution in [0.15, 0.2) is 30.7 Å². The second-order valence-corrected chi connectivity index (χ2v) is 5.43. The largest absolute Gasteiger partial charge is 0.435 e. The van der Waals surface area contributed by atoms with Gasteiger partial charge in [0.15, 0.2) is 5.75 Å². The van der Waals surface area contributed by atoms with Crippen LogP contribution in [0.25, 0.3) is 0 Å². The van der Waals surface area contributed by atoms with Crippen molar-refractivity contribution < 1.29 is 4.74 Å². The van der Waals surface area contributed by atoms with E-state index in [1.54, 1.807) is 12.4 Å². The SMILES string of the molecule is CCCNC(C)c1cccnc1Oc1cnn(C(C)C)c1. The molecule has 0 aromatic carbocycles. The summed E-state index contributed by atoms with van der Waals surface area (Å²) in [4.78, 5) is 4.36. The number of hydrogen-bond acceptors (Lipinski definition) is 4. The summed E-state index contributed by atoms with van der Waals surface area (Å²) >= 11 is 0. The molecule has 0 spiro atoms. The molecule has 5 nitrogen and oxygen atoms in total. The molecule has 0 radical (unpaired) electrons. The molecule has 1 N–H and O–H groups in total. The van der Waals surface area contributed by atoms with Gasteiger partial charge in [-0.2, -0.15) is 5.10 Å². The fourth-order valence-corrected chi connectivity index (χ4v) is 2.06. The summed E-state index contributed by atoms with van der Waals surface area (Å²) in [6.45, 7) is 9.41. The molecule has 5 heteroatoms. The standard InChI is InChI=1S/C16H24N4O/c1-5-8-17-13(4)15-7-6-9-18-16(15)21-14-10-19-20(11-14)12(2)3/h6-7,9-13,17H,5,8H2,1-4H3. The minimum Gasteiger partial charge on any atom is -0.435 e. The Labute approximate surface area is 126 Å². The minimum absolute atomic E-state index is 0.203. The first-order chi connectivity index (χ1) is 10.1. The van der Waals surface area contributed by atoms with E-state index in [-0.39, 0.29) is 6.04 Å². The molecule has 0 aliphatic rings. The molecule has 1 unspecified atom stereocenters. The van der Waals surface area contributed by atoms with Gasteiger partial charge in [-0.25, -0.2) is 4.98 Å². The fraction of sp³-hybridized carbons (Fsp3) is 0.500. The van der Waals surface area contributed by atoms with E-state index in [9.17, 15) is 0 Å². The third-order valence-electron chi connectivity index (χ3n) is 3.29. The van der Waals surface area contributed by atoms with E-state index in [4.69, 9.17) is 4.74 Å². The van der Waals surface area contributed by atoms with Crippen LogP contribution < -0.4 is 10.1 Å². The topological polar surface area (TPSA) is 52.0 Å². The number of nitrogens with zero attached hydrogens (tertiary/aromatic N) is 3. The van der Waals surface area contributed by atoms with Crippen LogP contribution in [0.2, 0.25) is 0 Å². The molecule has 2 aromatic heterocycles. The fourth-order valence-electron chi connectivity index (χ4n) is 2.06. The molecule has 0 saturated carbocycles. The first-order valence-corrected chi connectivity index (χ1v) is 7.52. The predicted octanol–water partition coefficient (Wildman–Crippen LogP) is 3.71. The van der Waals surface area contributed by atoms with E-state index >= 15 is 0 Å². The average molecular weight is 288 g/mol. The summed E-state index contributed by atoms with van der Waals surface area (Å²) in [6.07, 6.45) is 6.47. The van der Waals surface area contributed by atoms with Crippen LogP contribution in [0.4, 0.5) is 0 Å². The minimum atomic E-state index is 0.203. The number of nitrogens with one attached hydrogen (secondary N) is 1. The summed E-state index contributed by atoms with van der Waals surface area (Å²) in [5.74, 6) is 1.35. The van der Waals surface area contributed by atoms with Crippen LogP contribution in [0.1, 0.15) is 51.8 Å². The van der Waals surface area contributed by atoms with Crippen molar-refractivity contribution in [2.45, 2.75) is 46.2 Å². The van der Waals surface area contributed by atoms with Gasteiger partial charge in [0.1, 0.15) is 0 Å². The van der Waals surface area contributed by atoms with Crippen molar-refractivity contribution in [3.05, 3.63) is 36.3 Å². The lowest BCUT2D eigenvalue weighted by molar-refractivity contribution is 0.440. The van der Waals surface area contributed by atoms with E-state index < -0.39 is 0 Å². The Balaban J connectivity index is 2.15. The monoisotopic (exact) mass is 288 g/mol. The second-order valence-electron chi connectivity index (χ2n) is 5.43. The van der Waals surface area contributed by atoms with Gasteiger partial charge in [-0.1, -0.05) is 13.0 Å². The quantitative estimate of drug-likeness (QED) is 0.843. The molecule has 1 atom stereocenters. The van der Waals surface area contributed by atoms with Crippen molar-refractivity contribution >= 4 is 0 Å². The van der Waals surface area contributed by atoms with Gasteiger partial charge in [0.05, 0.1) is 12.4 Å². The lowest BCUT2D eigenvalue weighted by atomic mass is 10.1. The Morgan fingerprint density at radius 2 is 2.14 bits per heavy atom. The van der Waals surface area contributed by atoms with Gasteiger partial charge in [-0.3, -0.25) is 4.68 Å². The van der Waals surface area contributed by atoms with Crippen molar-refractivity contribution in [3.8, 4) is 11.6 Å². The Kier molecular flexibility index (Phi) is 5.33. The van der Waals surface area contributed by atoms with Gasteiger partial charge in [0.25, 0.3) is 0 Å². The zero-order chi connectivity index (χ0) is 15.2. The van der Waals surface area contributed by atoms with Gasteiger partial charge in [-0.15, -0.1) is 0 Å². The summed E-state index contributed by atoms with van der Waals surface area (Å²) in [5.41, 5.74) is 1.06. The van der Waals surface area contributed by atoms with Crippen LogP contribution in [-0.4, -0.2) is 21.3 Å². The molecule has 0 saturated heterocycles. The van der Waals surface area contributed by atoms with E-state index in [1.165, 1.54) is 0 Å². The number of ether oxygens (including phenoxy) is 1. The molecular formula is C16H24N4O. The van der Waals surface area contributed by atoms with Crippen LogP contribution in [-0.2, 0) is 0 Å². The Hall–Kier alpha value is -1.88. The molecule has 0 aliphatic heterocycles. The zero-order valence-corrected chi connectivity index (χ0v) is 13.2. The molecule has 0 amide bonds. The summed E-state index contributed by atoms with van der Waals surface area (Å²) in [5, 5.41) is 7.74. The van der Waals surface area contributed by atoms with Gasteiger partial charge in [0, 0.05) is 23.8 Å². The molecule has 0 fully saturated rings. The highest BCUT2D eigenvalue weighted by molar-refractivity contribution is 5.32. The highest BCUT2D eigenvalue weighted by Crippen LogP contribution is 2.27. The Morgan fingerprint density at radius 3 is 2.81 bits per heavy atom. The third kappa shape index (κ3) is 4.04. The van der Waals surface area contributed by atoms with Gasteiger partial charge >= 0.3 is 0 Å². The first-order valence-electron chi connectivity index (χ1n) is 7.52. The Morgan fingerprint density at radius 1 is 1.33 bits per heavy atom. The van der Waals surface area contributed by atoms with Gasteiger partial charge in [0.2, 0.25) is 5.88 Å².